The molecule has 18 heavy (non-hydrogen) atoms. The lowest BCUT2D eigenvalue weighted by Gasteiger charge is -2.15. The van der Waals surface area contributed by atoms with Gasteiger partial charge in [-0.25, -0.2) is 17.2 Å². The lowest BCUT2D eigenvalue weighted by atomic mass is 10.2. The van der Waals surface area contributed by atoms with Crippen molar-refractivity contribution < 1.29 is 27.1 Å². The van der Waals surface area contributed by atoms with Gasteiger partial charge in [0.05, 0.1) is 5.75 Å². The Bertz CT molecular complexity index is 539. The second-order valence-electron chi connectivity index (χ2n) is 3.61. The number of likely N-dealkylation sites (N-methyl/N-ethyl adjacent to an activating group) is 1. The zero-order chi connectivity index (χ0) is 13.9. The van der Waals surface area contributed by atoms with Crippen LogP contribution in [0.4, 0.5) is 8.78 Å². The Labute approximate surface area is 103 Å². The minimum Gasteiger partial charge on any atom is -0.480 e. The number of hydrogen-bond acceptors (Lipinski definition) is 3. The molecule has 0 spiro atoms. The first-order chi connectivity index (χ1) is 8.24. The molecule has 0 aromatic heterocycles. The van der Waals surface area contributed by atoms with E-state index in [-0.39, 0.29) is 0 Å². The topological polar surface area (TPSA) is 74.7 Å². The Morgan fingerprint density at radius 2 is 1.83 bits per heavy atom. The van der Waals surface area contributed by atoms with Crippen LogP contribution in [0.1, 0.15) is 5.56 Å². The van der Waals surface area contributed by atoms with Gasteiger partial charge < -0.3 is 5.11 Å². The number of sulfonamides is 1. The molecule has 0 aliphatic heterocycles. The van der Waals surface area contributed by atoms with Gasteiger partial charge in [0, 0.05) is 12.6 Å². The van der Waals surface area contributed by atoms with Crippen LogP contribution < -0.4 is 0 Å². The third-order valence-corrected chi connectivity index (χ3v) is 3.95. The number of carbonyl (C=O) groups is 1. The predicted octanol–water partition coefficient (Wildman–Crippen LogP) is 0.811. The van der Waals surface area contributed by atoms with E-state index in [1.807, 2.05) is 0 Å². The van der Waals surface area contributed by atoms with Crippen molar-refractivity contribution in [1.82, 2.24) is 4.31 Å². The van der Waals surface area contributed by atoms with Gasteiger partial charge in [0.25, 0.3) is 0 Å². The molecule has 0 saturated carbocycles. The second kappa shape index (κ2) is 5.40. The van der Waals surface area contributed by atoms with Crippen molar-refractivity contribution >= 4 is 16.0 Å². The molecule has 0 fully saturated rings. The molecule has 0 radical (unpaired) electrons. The molecule has 0 amide bonds. The molecule has 1 aromatic carbocycles. The highest BCUT2D eigenvalue weighted by Crippen LogP contribution is 2.16. The van der Waals surface area contributed by atoms with Crippen LogP contribution in [-0.2, 0) is 20.6 Å². The maximum absolute atomic E-state index is 13.3. The molecular formula is C10H11F2NO4S. The SMILES string of the molecule is CN(CC(=O)O)S(=O)(=O)Cc1c(F)cccc1F. The number of benzene rings is 1. The molecule has 0 saturated heterocycles. The highest BCUT2D eigenvalue weighted by Gasteiger charge is 2.24. The van der Waals surface area contributed by atoms with Gasteiger partial charge in [-0.15, -0.1) is 0 Å². The van der Waals surface area contributed by atoms with Crippen molar-refractivity contribution in [2.24, 2.45) is 0 Å². The molecule has 5 nitrogen and oxygen atoms in total. The van der Waals surface area contributed by atoms with Crippen LogP contribution in [0.25, 0.3) is 0 Å². The highest BCUT2D eigenvalue weighted by atomic mass is 32.2. The molecule has 0 heterocycles. The Hall–Kier alpha value is -1.54. The van der Waals surface area contributed by atoms with Crippen molar-refractivity contribution in [1.29, 1.82) is 0 Å². The Morgan fingerprint density at radius 1 is 1.33 bits per heavy atom. The first-order valence-corrected chi connectivity index (χ1v) is 6.43. The molecular weight excluding hydrogens is 268 g/mol. The van der Waals surface area contributed by atoms with E-state index >= 15 is 0 Å². The summed E-state index contributed by atoms with van der Waals surface area (Å²) in [7, 11) is -3.05. The van der Waals surface area contributed by atoms with Gasteiger partial charge >= 0.3 is 5.97 Å². The zero-order valence-electron chi connectivity index (χ0n) is 9.43. The number of rotatable bonds is 5. The fraction of sp³-hybridized carbons (Fsp3) is 0.300. The molecule has 0 bridgehead atoms. The third kappa shape index (κ3) is 3.47. The fourth-order valence-corrected chi connectivity index (χ4v) is 2.42. The largest absolute Gasteiger partial charge is 0.480 e. The molecule has 0 unspecified atom stereocenters. The smallest absolute Gasteiger partial charge is 0.318 e. The van der Waals surface area contributed by atoms with E-state index in [9.17, 15) is 22.0 Å². The van der Waals surface area contributed by atoms with Crippen LogP contribution in [0.2, 0.25) is 0 Å². The zero-order valence-corrected chi connectivity index (χ0v) is 10.2. The summed E-state index contributed by atoms with van der Waals surface area (Å²) in [6.07, 6.45) is 0. The van der Waals surface area contributed by atoms with E-state index in [1.165, 1.54) is 0 Å². The van der Waals surface area contributed by atoms with Gasteiger partial charge in [-0.05, 0) is 12.1 Å². The number of nitrogens with zero attached hydrogens (tertiary/aromatic N) is 1. The van der Waals surface area contributed by atoms with Gasteiger partial charge in [0.15, 0.2) is 0 Å². The molecule has 0 aliphatic rings. The summed E-state index contributed by atoms with van der Waals surface area (Å²) < 4.78 is 50.4. The maximum Gasteiger partial charge on any atom is 0.318 e. The molecule has 1 N–H and O–H groups in total. The number of halogens is 2. The third-order valence-electron chi connectivity index (χ3n) is 2.22. The first kappa shape index (κ1) is 14.5. The maximum atomic E-state index is 13.3. The van der Waals surface area contributed by atoms with E-state index in [2.05, 4.69) is 0 Å². The van der Waals surface area contributed by atoms with Gasteiger partial charge in [-0.1, -0.05) is 6.07 Å². The first-order valence-electron chi connectivity index (χ1n) is 4.82. The van der Waals surface area contributed by atoms with Crippen LogP contribution in [0.15, 0.2) is 18.2 Å². The molecule has 1 aromatic rings. The molecule has 0 aliphatic carbocycles. The average Bonchev–Trinajstić information content (AvgIpc) is 2.22. The van der Waals surface area contributed by atoms with Crippen LogP contribution in [0.3, 0.4) is 0 Å². The van der Waals surface area contributed by atoms with E-state index in [0.717, 1.165) is 25.2 Å². The minimum absolute atomic E-state index is 0.529. The summed E-state index contributed by atoms with van der Waals surface area (Å²) in [5.74, 6) is -4.24. The van der Waals surface area contributed by atoms with Crippen LogP contribution >= 0.6 is 0 Å². The van der Waals surface area contributed by atoms with Crippen LogP contribution in [0.5, 0.6) is 0 Å². The normalized spacial score (nSPS) is 11.8. The number of carboxylic acids is 1. The minimum atomic E-state index is -4.08. The van der Waals surface area contributed by atoms with E-state index in [4.69, 9.17) is 5.11 Å². The molecule has 1 rings (SSSR count). The summed E-state index contributed by atoms with van der Waals surface area (Å²) in [4.78, 5) is 10.4. The van der Waals surface area contributed by atoms with Crippen LogP contribution in [0, 0.1) is 11.6 Å². The standard InChI is InChI=1S/C10H11F2NO4S/c1-13(5-10(14)15)18(16,17)6-7-8(11)3-2-4-9(7)12/h2-4H,5-6H2,1H3,(H,14,15). The molecule has 8 heteroatoms. The summed E-state index contributed by atoms with van der Waals surface area (Å²) in [6.45, 7) is -0.765. The van der Waals surface area contributed by atoms with E-state index in [1.54, 1.807) is 0 Å². The lowest BCUT2D eigenvalue weighted by Crippen LogP contribution is -2.33. The summed E-state index contributed by atoms with van der Waals surface area (Å²) >= 11 is 0. The van der Waals surface area contributed by atoms with E-state index < -0.39 is 45.5 Å². The quantitative estimate of drug-likeness (QED) is 0.865. The lowest BCUT2D eigenvalue weighted by molar-refractivity contribution is -0.137. The summed E-state index contributed by atoms with van der Waals surface area (Å²) in [6, 6.07) is 2.98. The summed E-state index contributed by atoms with van der Waals surface area (Å²) in [5, 5.41) is 8.47. The van der Waals surface area contributed by atoms with Gasteiger partial charge in [-0.3, -0.25) is 4.79 Å². The highest BCUT2D eigenvalue weighted by molar-refractivity contribution is 7.88. The van der Waals surface area contributed by atoms with Gasteiger partial charge in [-0.2, -0.15) is 4.31 Å². The monoisotopic (exact) mass is 279 g/mol. The summed E-state index contributed by atoms with van der Waals surface area (Å²) in [5.41, 5.74) is -0.602. The number of hydrogen-bond donors (Lipinski definition) is 1. The molecule has 100 valence electrons. The Balaban J connectivity index is 2.99. The average molecular weight is 279 g/mol. The van der Waals surface area contributed by atoms with Crippen molar-refractivity contribution in [2.45, 2.75) is 5.75 Å². The van der Waals surface area contributed by atoms with Crippen molar-refractivity contribution in [3.63, 3.8) is 0 Å². The van der Waals surface area contributed by atoms with Gasteiger partial charge in [0.1, 0.15) is 18.2 Å². The number of carboxylic acid groups (broad SMARTS) is 1. The van der Waals surface area contributed by atoms with Crippen molar-refractivity contribution in [2.75, 3.05) is 13.6 Å². The van der Waals surface area contributed by atoms with E-state index in [0.29, 0.717) is 4.31 Å². The number of aliphatic carboxylic acids is 1. The Morgan fingerprint density at radius 3 is 2.28 bits per heavy atom. The van der Waals surface area contributed by atoms with Crippen LogP contribution in [-0.4, -0.2) is 37.4 Å². The van der Waals surface area contributed by atoms with Crippen molar-refractivity contribution in [3.05, 3.63) is 35.4 Å². The fourth-order valence-electron chi connectivity index (χ4n) is 1.25. The molecule has 0 atom stereocenters. The Kier molecular flexibility index (Phi) is 4.36. The van der Waals surface area contributed by atoms with Crippen molar-refractivity contribution in [3.8, 4) is 0 Å². The second-order valence-corrected chi connectivity index (χ2v) is 5.68. The van der Waals surface area contributed by atoms with Gasteiger partial charge in [0.2, 0.25) is 10.0 Å². The predicted molar refractivity (Wildman–Crippen MR) is 59.2 cm³/mol.